The van der Waals surface area contributed by atoms with E-state index in [0.29, 0.717) is 28.3 Å². The molecule has 1 aliphatic carbocycles. The molecule has 1 unspecified atom stereocenters. The van der Waals surface area contributed by atoms with Gasteiger partial charge in [-0.15, -0.1) is 11.3 Å². The number of carbonyl (C=O) groups is 2. The van der Waals surface area contributed by atoms with Gasteiger partial charge in [0, 0.05) is 23.3 Å². The summed E-state index contributed by atoms with van der Waals surface area (Å²) >= 11 is 0.804. The van der Waals surface area contributed by atoms with Crippen LogP contribution in [0.2, 0.25) is 0 Å². The van der Waals surface area contributed by atoms with E-state index >= 15 is 0 Å². The number of hydrogen-bond donors (Lipinski definition) is 1. The van der Waals surface area contributed by atoms with Crippen LogP contribution in [0.15, 0.2) is 66.7 Å². The molecule has 10 heteroatoms. The van der Waals surface area contributed by atoms with Crippen molar-refractivity contribution >= 4 is 29.1 Å². The standard InChI is InChI=1S/C29H21F4NO4S/c1-15(21-12-23(31)24(32)13-22(21)30)37-29(36)34-25-14-26(33)39-27(25)20-5-3-2-4-19(20)16-8-10-18(11-9-16)38-28(35)17-6-7-17/h2-5,8-15,17H,6-7H2,1H3,(H,34,36). The molecule has 4 aromatic rings. The van der Waals surface area contributed by atoms with Gasteiger partial charge in [0.1, 0.15) is 17.7 Å². The Morgan fingerprint density at radius 2 is 1.56 bits per heavy atom. The van der Waals surface area contributed by atoms with Crippen molar-refractivity contribution in [1.29, 1.82) is 0 Å². The van der Waals surface area contributed by atoms with Crippen LogP contribution in [0.3, 0.4) is 0 Å². The van der Waals surface area contributed by atoms with Crippen LogP contribution in [0.5, 0.6) is 5.75 Å². The molecular weight excluding hydrogens is 534 g/mol. The van der Waals surface area contributed by atoms with Gasteiger partial charge in [0.15, 0.2) is 16.8 Å². The van der Waals surface area contributed by atoms with E-state index in [4.69, 9.17) is 9.47 Å². The van der Waals surface area contributed by atoms with Crippen molar-refractivity contribution in [2.45, 2.75) is 25.9 Å². The van der Waals surface area contributed by atoms with E-state index in [-0.39, 0.29) is 23.1 Å². The van der Waals surface area contributed by atoms with Crippen LogP contribution in [0.25, 0.3) is 21.6 Å². The summed E-state index contributed by atoms with van der Waals surface area (Å²) in [6.07, 6.45) is -0.616. The zero-order valence-electron chi connectivity index (χ0n) is 20.5. The predicted octanol–water partition coefficient (Wildman–Crippen LogP) is 8.26. The first-order valence-electron chi connectivity index (χ1n) is 12.0. The van der Waals surface area contributed by atoms with Crippen molar-refractivity contribution in [3.63, 3.8) is 0 Å². The number of ether oxygens (including phenoxy) is 2. The first-order valence-corrected chi connectivity index (χ1v) is 12.8. The number of hydrogen-bond acceptors (Lipinski definition) is 5. The molecule has 0 saturated heterocycles. The molecule has 5 nitrogen and oxygen atoms in total. The highest BCUT2D eigenvalue weighted by molar-refractivity contribution is 7.14. The van der Waals surface area contributed by atoms with Crippen molar-refractivity contribution in [2.24, 2.45) is 5.92 Å². The Morgan fingerprint density at radius 3 is 2.26 bits per heavy atom. The number of nitrogens with one attached hydrogen (secondary N) is 1. The van der Waals surface area contributed by atoms with E-state index in [0.717, 1.165) is 41.4 Å². The summed E-state index contributed by atoms with van der Waals surface area (Å²) in [5, 5.41) is 1.89. The van der Waals surface area contributed by atoms with E-state index in [1.807, 2.05) is 12.1 Å². The van der Waals surface area contributed by atoms with Crippen LogP contribution in [0.1, 0.15) is 31.4 Å². The minimum Gasteiger partial charge on any atom is -0.441 e. The van der Waals surface area contributed by atoms with E-state index in [1.165, 1.54) is 6.92 Å². The fraction of sp³-hybridized carbons (Fsp3) is 0.172. The Hall–Kier alpha value is -4.18. The predicted molar refractivity (Wildman–Crippen MR) is 138 cm³/mol. The first-order chi connectivity index (χ1) is 18.7. The zero-order valence-corrected chi connectivity index (χ0v) is 21.3. The Kier molecular flexibility index (Phi) is 7.38. The molecule has 1 atom stereocenters. The maximum absolute atomic E-state index is 14.4. The Labute approximate surface area is 225 Å². The van der Waals surface area contributed by atoms with Gasteiger partial charge < -0.3 is 9.47 Å². The molecule has 0 aliphatic heterocycles. The third-order valence-corrected chi connectivity index (χ3v) is 7.12. The van der Waals surface area contributed by atoms with Gasteiger partial charge in [-0.1, -0.05) is 36.4 Å². The Bertz CT molecular complexity index is 1550. The fourth-order valence-corrected chi connectivity index (χ4v) is 4.90. The van der Waals surface area contributed by atoms with Gasteiger partial charge in [-0.05, 0) is 49.1 Å². The molecule has 1 N–H and O–H groups in total. The minimum atomic E-state index is -1.36. The van der Waals surface area contributed by atoms with Crippen LogP contribution in [-0.2, 0) is 9.53 Å². The SMILES string of the molecule is CC(OC(=O)Nc1cc(F)sc1-c1ccccc1-c1ccc(OC(=O)C2CC2)cc1)c1cc(F)c(F)cc1F. The fourth-order valence-electron chi connectivity index (χ4n) is 4.02. The summed E-state index contributed by atoms with van der Waals surface area (Å²) in [6.45, 7) is 1.30. The van der Waals surface area contributed by atoms with E-state index in [2.05, 4.69) is 5.32 Å². The average Bonchev–Trinajstić information content (AvgIpc) is 3.70. The molecule has 200 valence electrons. The molecule has 1 amide bonds. The van der Waals surface area contributed by atoms with Crippen molar-refractivity contribution < 1.29 is 36.6 Å². The van der Waals surface area contributed by atoms with Crippen LogP contribution < -0.4 is 10.1 Å². The molecule has 1 fully saturated rings. The lowest BCUT2D eigenvalue weighted by atomic mass is 9.98. The zero-order chi connectivity index (χ0) is 27.7. The molecule has 0 spiro atoms. The van der Waals surface area contributed by atoms with Gasteiger partial charge in [0.2, 0.25) is 0 Å². The van der Waals surface area contributed by atoms with Crippen molar-refractivity contribution in [2.75, 3.05) is 5.32 Å². The third-order valence-electron chi connectivity index (χ3n) is 6.17. The summed E-state index contributed by atoms with van der Waals surface area (Å²) in [5.41, 5.74) is 1.87. The lowest BCUT2D eigenvalue weighted by Crippen LogP contribution is -2.17. The second-order valence-corrected chi connectivity index (χ2v) is 10.0. The van der Waals surface area contributed by atoms with E-state index in [9.17, 15) is 27.2 Å². The van der Waals surface area contributed by atoms with Gasteiger partial charge >= 0.3 is 12.1 Å². The molecule has 1 heterocycles. The number of esters is 1. The maximum Gasteiger partial charge on any atom is 0.412 e. The largest absolute Gasteiger partial charge is 0.441 e. The molecule has 3 aromatic carbocycles. The molecule has 0 radical (unpaired) electrons. The molecule has 1 aromatic heterocycles. The highest BCUT2D eigenvalue weighted by atomic mass is 32.1. The van der Waals surface area contributed by atoms with Crippen molar-refractivity contribution in [3.8, 4) is 27.3 Å². The van der Waals surface area contributed by atoms with Crippen molar-refractivity contribution in [3.05, 3.63) is 94.9 Å². The number of benzene rings is 3. The summed E-state index contributed by atoms with van der Waals surface area (Å²) in [7, 11) is 0. The van der Waals surface area contributed by atoms with Crippen LogP contribution in [0, 0.1) is 28.5 Å². The number of carbonyl (C=O) groups excluding carboxylic acids is 2. The number of thiophene rings is 1. The summed E-state index contributed by atoms with van der Waals surface area (Å²) in [5.74, 6) is -3.57. The molecule has 0 bridgehead atoms. The number of anilines is 1. The summed E-state index contributed by atoms with van der Waals surface area (Å²) in [4.78, 5) is 24.9. The summed E-state index contributed by atoms with van der Waals surface area (Å²) < 4.78 is 65.9. The number of amides is 1. The number of halogens is 4. The lowest BCUT2D eigenvalue weighted by molar-refractivity contribution is -0.135. The van der Waals surface area contributed by atoms with Crippen LogP contribution >= 0.6 is 11.3 Å². The molecular formula is C29H21F4NO4S. The Balaban J connectivity index is 1.36. The molecule has 5 rings (SSSR count). The number of rotatable bonds is 7. The topological polar surface area (TPSA) is 64.6 Å². The smallest absolute Gasteiger partial charge is 0.412 e. The van der Waals surface area contributed by atoms with Crippen LogP contribution in [-0.4, -0.2) is 12.1 Å². The highest BCUT2D eigenvalue weighted by Crippen LogP contribution is 2.42. The van der Waals surface area contributed by atoms with Gasteiger partial charge in [-0.2, -0.15) is 4.39 Å². The monoisotopic (exact) mass is 555 g/mol. The normalized spacial score (nSPS) is 13.6. The van der Waals surface area contributed by atoms with Gasteiger partial charge in [-0.25, -0.2) is 18.0 Å². The molecule has 1 aliphatic rings. The third kappa shape index (κ3) is 5.96. The minimum absolute atomic E-state index is 0.0318. The van der Waals surface area contributed by atoms with E-state index < -0.39 is 34.8 Å². The van der Waals surface area contributed by atoms with Gasteiger partial charge in [0.25, 0.3) is 0 Å². The van der Waals surface area contributed by atoms with Gasteiger partial charge in [0.05, 0.1) is 16.5 Å². The summed E-state index contributed by atoms with van der Waals surface area (Å²) in [6, 6.07) is 16.2. The van der Waals surface area contributed by atoms with E-state index in [1.54, 1.807) is 36.4 Å². The second kappa shape index (κ2) is 10.9. The van der Waals surface area contributed by atoms with Crippen LogP contribution in [0.4, 0.5) is 28.0 Å². The quantitative estimate of drug-likeness (QED) is 0.108. The molecule has 1 saturated carbocycles. The Morgan fingerprint density at radius 1 is 0.897 bits per heavy atom. The second-order valence-electron chi connectivity index (χ2n) is 9.02. The average molecular weight is 556 g/mol. The van der Waals surface area contributed by atoms with Crippen molar-refractivity contribution in [1.82, 2.24) is 0 Å². The lowest BCUT2D eigenvalue weighted by Gasteiger charge is -2.16. The molecule has 39 heavy (non-hydrogen) atoms. The first kappa shape index (κ1) is 26.4. The maximum atomic E-state index is 14.4. The van der Waals surface area contributed by atoms with Gasteiger partial charge in [-0.3, -0.25) is 10.1 Å². The highest BCUT2D eigenvalue weighted by Gasteiger charge is 2.31.